The molecule has 0 aliphatic heterocycles. The van der Waals surface area contributed by atoms with Gasteiger partial charge in [0.15, 0.2) is 0 Å². The summed E-state index contributed by atoms with van der Waals surface area (Å²) in [5, 5.41) is 8.56. The number of nitrogens with one attached hydrogen (secondary N) is 3. The molecule has 1 aliphatic carbocycles. The van der Waals surface area contributed by atoms with Crippen LogP contribution in [0.3, 0.4) is 0 Å². The Morgan fingerprint density at radius 3 is 2.53 bits per heavy atom. The molecule has 8 nitrogen and oxygen atoms in total. The molecule has 0 saturated carbocycles. The molecule has 198 valence electrons. The van der Waals surface area contributed by atoms with Crippen LogP contribution in [0.15, 0.2) is 66.7 Å². The van der Waals surface area contributed by atoms with Crippen molar-refractivity contribution in [2.75, 3.05) is 12.3 Å². The molecule has 5 N–H and O–H groups in total. The van der Waals surface area contributed by atoms with Gasteiger partial charge in [-0.05, 0) is 41.7 Å². The number of aryl methyl sites for hydroxylation is 1. The first-order chi connectivity index (χ1) is 18.3. The van der Waals surface area contributed by atoms with E-state index in [0.29, 0.717) is 0 Å². The number of fused-ring (bicyclic) bond motifs is 1. The maximum atomic E-state index is 13.1. The van der Waals surface area contributed by atoms with Crippen LogP contribution in [0.2, 0.25) is 10.0 Å². The number of nitrogens with two attached hydrogens (primary N) is 1. The highest BCUT2D eigenvalue weighted by molar-refractivity contribution is 6.41. The highest BCUT2D eigenvalue weighted by atomic mass is 35.5. The molecule has 0 radical (unpaired) electrons. The Balaban J connectivity index is 1.40. The van der Waals surface area contributed by atoms with Crippen LogP contribution in [0.4, 0.5) is 10.5 Å². The minimum atomic E-state index is -0.805. The number of urea groups is 1. The van der Waals surface area contributed by atoms with Crippen LogP contribution in [0.25, 0.3) is 0 Å². The highest BCUT2D eigenvalue weighted by Gasteiger charge is 2.26. The molecule has 0 spiro atoms. The van der Waals surface area contributed by atoms with Gasteiger partial charge >= 0.3 is 12.0 Å². The molecule has 1 unspecified atom stereocenters. The summed E-state index contributed by atoms with van der Waals surface area (Å²) in [6, 6.07) is 18.8. The Kier molecular flexibility index (Phi) is 9.10. The van der Waals surface area contributed by atoms with Crippen LogP contribution in [-0.4, -0.2) is 30.5 Å². The molecule has 2 atom stereocenters. The van der Waals surface area contributed by atoms with Crippen molar-refractivity contribution in [3.63, 3.8) is 0 Å². The van der Waals surface area contributed by atoms with Crippen LogP contribution in [0, 0.1) is 0 Å². The van der Waals surface area contributed by atoms with Crippen molar-refractivity contribution in [3.05, 3.63) is 99.0 Å². The largest absolute Gasteiger partial charge is 0.461 e. The van der Waals surface area contributed by atoms with Crippen LogP contribution >= 0.6 is 23.2 Å². The molecule has 3 aromatic rings. The van der Waals surface area contributed by atoms with Crippen molar-refractivity contribution in [1.29, 1.82) is 0 Å². The number of amides is 3. The van der Waals surface area contributed by atoms with Crippen molar-refractivity contribution in [3.8, 4) is 0 Å². The number of nitrogen functional groups attached to an aromatic ring is 1. The van der Waals surface area contributed by atoms with Gasteiger partial charge in [-0.2, -0.15) is 0 Å². The number of rotatable bonds is 9. The van der Waals surface area contributed by atoms with Gasteiger partial charge in [0, 0.05) is 6.54 Å². The fraction of sp³-hybridized carbons (Fsp3) is 0.250. The molecule has 0 bridgehead atoms. The first-order valence-electron chi connectivity index (χ1n) is 12.2. The number of esters is 1. The lowest BCUT2D eigenvalue weighted by molar-refractivity contribution is -0.145. The zero-order valence-electron chi connectivity index (χ0n) is 20.5. The Morgan fingerprint density at radius 1 is 1.00 bits per heavy atom. The van der Waals surface area contributed by atoms with Gasteiger partial charge < -0.3 is 26.4 Å². The standard InChI is InChI=1S/C28H28Cl2N4O4/c29-21-11-12-22(31)26(30)25(21)27(36)33-19(14-24(35)38-16-17-6-2-1-3-7-17)15-32-28(37)34-23-13-10-18-8-4-5-9-20(18)23/h1-9,11-12,19,23H,10,13-16,31H2,(H,33,36)(H2,32,34,37)/t19?,23-/m1/s1. The summed E-state index contributed by atoms with van der Waals surface area (Å²) in [5.41, 5.74) is 9.13. The van der Waals surface area contributed by atoms with Crippen molar-refractivity contribution in [2.45, 2.75) is 38.0 Å². The summed E-state index contributed by atoms with van der Waals surface area (Å²) in [6.07, 6.45) is 1.49. The van der Waals surface area contributed by atoms with Crippen molar-refractivity contribution in [1.82, 2.24) is 16.0 Å². The molecule has 0 heterocycles. The Hall–Kier alpha value is -3.75. The van der Waals surface area contributed by atoms with Gasteiger partial charge in [-0.3, -0.25) is 9.59 Å². The fourth-order valence-electron chi connectivity index (χ4n) is 4.34. The van der Waals surface area contributed by atoms with Gasteiger partial charge in [-0.15, -0.1) is 0 Å². The second kappa shape index (κ2) is 12.7. The molecule has 3 aromatic carbocycles. The molecular weight excluding hydrogens is 527 g/mol. The topological polar surface area (TPSA) is 123 Å². The second-order valence-corrected chi connectivity index (χ2v) is 9.78. The van der Waals surface area contributed by atoms with E-state index in [1.165, 1.54) is 17.7 Å². The summed E-state index contributed by atoms with van der Waals surface area (Å²) < 4.78 is 5.38. The van der Waals surface area contributed by atoms with Crippen LogP contribution in [-0.2, 0) is 22.6 Å². The lowest BCUT2D eigenvalue weighted by atomic mass is 10.1. The summed E-state index contributed by atoms with van der Waals surface area (Å²) in [6.45, 7) is 0.0478. The molecule has 3 amide bonds. The minimum Gasteiger partial charge on any atom is -0.461 e. The predicted octanol–water partition coefficient (Wildman–Crippen LogP) is 4.79. The number of ether oxygens (including phenoxy) is 1. The molecule has 4 rings (SSSR count). The quantitative estimate of drug-likeness (QED) is 0.223. The molecule has 0 saturated heterocycles. The van der Waals surface area contributed by atoms with E-state index in [9.17, 15) is 14.4 Å². The number of carbonyl (C=O) groups excluding carboxylic acids is 3. The van der Waals surface area contributed by atoms with Gasteiger partial charge in [0.05, 0.1) is 39.8 Å². The number of halogens is 2. The minimum absolute atomic E-state index is 0.00556. The van der Waals surface area contributed by atoms with Crippen LogP contribution in [0.1, 0.15) is 45.9 Å². The highest BCUT2D eigenvalue weighted by Crippen LogP contribution is 2.31. The summed E-state index contributed by atoms with van der Waals surface area (Å²) in [7, 11) is 0. The zero-order valence-corrected chi connectivity index (χ0v) is 22.0. The van der Waals surface area contributed by atoms with Crippen LogP contribution < -0.4 is 21.7 Å². The summed E-state index contributed by atoms with van der Waals surface area (Å²) in [5.74, 6) is -1.17. The van der Waals surface area contributed by atoms with Gasteiger partial charge in [0.25, 0.3) is 5.91 Å². The zero-order chi connectivity index (χ0) is 27.1. The number of benzene rings is 3. The van der Waals surface area contributed by atoms with Crippen molar-refractivity contribution in [2.24, 2.45) is 0 Å². The Labute approximate surface area is 230 Å². The lowest BCUT2D eigenvalue weighted by Gasteiger charge is -2.21. The number of hydrogen-bond acceptors (Lipinski definition) is 5. The molecule has 1 aliphatic rings. The molecule has 0 aromatic heterocycles. The smallest absolute Gasteiger partial charge is 0.315 e. The second-order valence-electron chi connectivity index (χ2n) is 8.99. The lowest BCUT2D eigenvalue weighted by Crippen LogP contribution is -2.48. The third kappa shape index (κ3) is 6.96. The average molecular weight is 555 g/mol. The third-order valence-corrected chi connectivity index (χ3v) is 7.01. The Morgan fingerprint density at radius 2 is 1.74 bits per heavy atom. The van der Waals surface area contributed by atoms with E-state index in [1.807, 2.05) is 54.6 Å². The third-order valence-electron chi connectivity index (χ3n) is 6.29. The average Bonchev–Trinajstić information content (AvgIpc) is 3.31. The van der Waals surface area contributed by atoms with E-state index in [4.69, 9.17) is 33.7 Å². The van der Waals surface area contributed by atoms with E-state index < -0.39 is 23.9 Å². The Bertz CT molecular complexity index is 1320. The van der Waals surface area contributed by atoms with E-state index in [2.05, 4.69) is 16.0 Å². The van der Waals surface area contributed by atoms with E-state index in [1.54, 1.807) is 0 Å². The van der Waals surface area contributed by atoms with E-state index in [0.717, 1.165) is 24.0 Å². The van der Waals surface area contributed by atoms with Gasteiger partial charge in [-0.1, -0.05) is 77.8 Å². The molecule has 10 heteroatoms. The van der Waals surface area contributed by atoms with Gasteiger partial charge in [0.2, 0.25) is 0 Å². The van der Waals surface area contributed by atoms with Gasteiger partial charge in [0.1, 0.15) is 6.61 Å². The van der Waals surface area contributed by atoms with E-state index in [-0.39, 0.29) is 46.9 Å². The van der Waals surface area contributed by atoms with Crippen LogP contribution in [0.5, 0.6) is 0 Å². The normalized spacial score (nSPS) is 14.7. The number of carbonyl (C=O) groups is 3. The fourth-order valence-corrected chi connectivity index (χ4v) is 4.88. The molecular formula is C28H28Cl2N4O4. The van der Waals surface area contributed by atoms with Crippen molar-refractivity contribution < 1.29 is 19.1 Å². The number of anilines is 1. The van der Waals surface area contributed by atoms with Gasteiger partial charge in [-0.25, -0.2) is 4.79 Å². The predicted molar refractivity (Wildman–Crippen MR) is 147 cm³/mol. The molecule has 0 fully saturated rings. The monoisotopic (exact) mass is 554 g/mol. The first-order valence-corrected chi connectivity index (χ1v) is 12.9. The summed E-state index contributed by atoms with van der Waals surface area (Å²) in [4.78, 5) is 38.4. The number of hydrogen-bond donors (Lipinski definition) is 4. The molecule has 38 heavy (non-hydrogen) atoms. The maximum Gasteiger partial charge on any atom is 0.315 e. The summed E-state index contributed by atoms with van der Waals surface area (Å²) >= 11 is 12.4. The van der Waals surface area contributed by atoms with Crippen molar-refractivity contribution >= 4 is 46.8 Å². The van der Waals surface area contributed by atoms with E-state index >= 15 is 0 Å². The maximum absolute atomic E-state index is 13.1. The first kappa shape index (κ1) is 27.3. The SMILES string of the molecule is Nc1ccc(Cl)c(C(=O)NC(CNC(=O)N[C@@H]2CCc3ccccc32)CC(=O)OCc2ccccc2)c1Cl.